The van der Waals surface area contributed by atoms with Crippen molar-refractivity contribution in [1.82, 2.24) is 4.90 Å². The number of rotatable bonds is 7. The predicted octanol–water partition coefficient (Wildman–Crippen LogP) is 4.70. The summed E-state index contributed by atoms with van der Waals surface area (Å²) in [5.74, 6) is -4.31. The second-order valence-corrected chi connectivity index (χ2v) is 8.27. The molecular weight excluding hydrogens is 411 g/mol. The van der Waals surface area contributed by atoms with Gasteiger partial charge in [-0.15, -0.1) is 0 Å². The molecule has 2 aromatic carbocycles. The molecule has 2 aromatic rings. The third-order valence-corrected chi connectivity index (χ3v) is 5.65. The molecule has 5 nitrogen and oxygen atoms in total. The van der Waals surface area contributed by atoms with Crippen molar-refractivity contribution in [3.63, 3.8) is 0 Å². The first-order valence-electron chi connectivity index (χ1n) is 10.2. The van der Waals surface area contributed by atoms with Gasteiger partial charge in [0, 0.05) is 19.2 Å². The molecule has 1 aliphatic heterocycles. The van der Waals surface area contributed by atoms with E-state index in [1.807, 2.05) is 12.1 Å². The van der Waals surface area contributed by atoms with Gasteiger partial charge in [-0.2, -0.15) is 0 Å². The molecule has 1 saturated heterocycles. The molecule has 166 valence electrons. The van der Waals surface area contributed by atoms with Crippen molar-refractivity contribution >= 4 is 5.97 Å². The minimum atomic E-state index is -2.95. The predicted molar refractivity (Wildman–Crippen MR) is 108 cm³/mol. The summed E-state index contributed by atoms with van der Waals surface area (Å²) < 4.78 is 54.2. The topological polar surface area (TPSA) is 59.0 Å². The molecule has 4 rings (SSSR count). The van der Waals surface area contributed by atoms with E-state index in [1.54, 1.807) is 24.1 Å². The van der Waals surface area contributed by atoms with E-state index in [2.05, 4.69) is 0 Å². The van der Waals surface area contributed by atoms with Gasteiger partial charge < -0.3 is 14.6 Å². The van der Waals surface area contributed by atoms with Crippen LogP contribution in [0.15, 0.2) is 36.4 Å². The molecule has 1 N–H and O–H groups in total. The van der Waals surface area contributed by atoms with Gasteiger partial charge in [0.2, 0.25) is 0 Å². The monoisotopic (exact) mass is 435 g/mol. The van der Waals surface area contributed by atoms with Gasteiger partial charge in [0.05, 0.1) is 25.6 Å². The van der Waals surface area contributed by atoms with Crippen molar-refractivity contribution in [2.24, 2.45) is 0 Å². The van der Waals surface area contributed by atoms with Crippen LogP contribution in [0.25, 0.3) is 0 Å². The van der Waals surface area contributed by atoms with Crippen LogP contribution in [-0.2, 0) is 6.54 Å². The molecule has 1 aliphatic carbocycles. The zero-order valence-corrected chi connectivity index (χ0v) is 17.1. The average Bonchev–Trinajstić information content (AvgIpc) is 3.52. The molecule has 1 heterocycles. The lowest BCUT2D eigenvalue weighted by Crippen LogP contribution is -2.50. The maximum atomic E-state index is 14.5. The van der Waals surface area contributed by atoms with Gasteiger partial charge in [0.25, 0.3) is 5.92 Å². The largest absolute Gasteiger partial charge is 0.497 e. The highest BCUT2D eigenvalue weighted by Gasteiger charge is 2.42. The number of hydrogen-bond donors (Lipinski definition) is 1. The summed E-state index contributed by atoms with van der Waals surface area (Å²) in [7, 11) is 1.56. The first kappa shape index (κ1) is 21.5. The molecule has 1 atom stereocenters. The Hall–Kier alpha value is -2.74. The summed E-state index contributed by atoms with van der Waals surface area (Å²) in [4.78, 5) is 12.9. The molecule has 0 aromatic heterocycles. The Bertz CT molecular complexity index is 960. The quantitative estimate of drug-likeness (QED) is 0.683. The Morgan fingerprint density at radius 2 is 1.94 bits per heavy atom. The highest BCUT2D eigenvalue weighted by Crippen LogP contribution is 2.46. The number of halogens is 3. The van der Waals surface area contributed by atoms with Gasteiger partial charge in [0.1, 0.15) is 23.4 Å². The van der Waals surface area contributed by atoms with Gasteiger partial charge in [-0.1, -0.05) is 12.1 Å². The van der Waals surface area contributed by atoms with Crippen molar-refractivity contribution in [3.8, 4) is 11.5 Å². The zero-order valence-electron chi connectivity index (χ0n) is 17.1. The first-order valence-corrected chi connectivity index (χ1v) is 10.2. The lowest BCUT2D eigenvalue weighted by molar-refractivity contribution is -0.103. The van der Waals surface area contributed by atoms with Crippen LogP contribution in [0.1, 0.15) is 46.7 Å². The smallest absolute Gasteiger partial charge is 0.338 e. The lowest BCUT2D eigenvalue weighted by Gasteiger charge is -2.37. The Balaban J connectivity index is 1.52. The fraction of sp³-hybridized carbons (Fsp3) is 0.435. The normalized spacial score (nSPS) is 21.0. The summed E-state index contributed by atoms with van der Waals surface area (Å²) in [6, 6.07) is 9.51. The van der Waals surface area contributed by atoms with E-state index in [9.17, 15) is 23.1 Å². The van der Waals surface area contributed by atoms with E-state index < -0.39 is 35.8 Å². The number of hydrogen-bond acceptors (Lipinski definition) is 4. The molecule has 0 bridgehead atoms. The molecule has 31 heavy (non-hydrogen) atoms. The summed E-state index contributed by atoms with van der Waals surface area (Å²) in [6.07, 6.45) is 0.365. The van der Waals surface area contributed by atoms with Crippen molar-refractivity contribution < 1.29 is 32.5 Å². The second-order valence-electron chi connectivity index (χ2n) is 8.27. The molecular formula is C23H24F3NO4. The van der Waals surface area contributed by atoms with E-state index in [0.717, 1.165) is 24.5 Å². The first-order chi connectivity index (χ1) is 14.7. The minimum absolute atomic E-state index is 0.0770. The number of carboxylic acid groups (broad SMARTS) is 1. The summed E-state index contributed by atoms with van der Waals surface area (Å²) in [5, 5.41) is 9.19. The number of carbonyl (C=O) groups is 1. The van der Waals surface area contributed by atoms with Crippen LogP contribution < -0.4 is 9.47 Å². The molecule has 0 spiro atoms. The summed E-state index contributed by atoms with van der Waals surface area (Å²) >= 11 is 0. The van der Waals surface area contributed by atoms with E-state index in [0.29, 0.717) is 17.9 Å². The minimum Gasteiger partial charge on any atom is -0.497 e. The van der Waals surface area contributed by atoms with Gasteiger partial charge in [-0.05, 0) is 48.1 Å². The fourth-order valence-electron chi connectivity index (χ4n) is 4.06. The summed E-state index contributed by atoms with van der Waals surface area (Å²) in [5.41, 5.74) is 1.02. The Morgan fingerprint density at radius 3 is 2.55 bits per heavy atom. The SMILES string of the molecule is COc1ccc(CN2CC(Oc3cc(F)c(C(=O)O)cc3C3CC3)CC(F)(F)C2)cc1. The molecule has 8 heteroatoms. The van der Waals surface area contributed by atoms with Crippen LogP contribution in [0, 0.1) is 5.82 Å². The average molecular weight is 435 g/mol. The number of ether oxygens (including phenoxy) is 2. The van der Waals surface area contributed by atoms with Gasteiger partial charge in [-0.25, -0.2) is 18.0 Å². The molecule has 2 aliphatic rings. The highest BCUT2D eigenvalue weighted by atomic mass is 19.3. The Labute approximate surface area is 178 Å². The van der Waals surface area contributed by atoms with E-state index in [1.165, 1.54) is 6.07 Å². The van der Waals surface area contributed by atoms with Crippen LogP contribution in [0.4, 0.5) is 13.2 Å². The van der Waals surface area contributed by atoms with Crippen LogP contribution >= 0.6 is 0 Å². The highest BCUT2D eigenvalue weighted by molar-refractivity contribution is 5.88. The third kappa shape index (κ3) is 5.12. The maximum Gasteiger partial charge on any atom is 0.338 e. The van der Waals surface area contributed by atoms with Crippen molar-refractivity contribution in [3.05, 3.63) is 58.9 Å². The molecule has 2 fully saturated rings. The van der Waals surface area contributed by atoms with Crippen LogP contribution in [-0.4, -0.2) is 48.2 Å². The van der Waals surface area contributed by atoms with Crippen LogP contribution in [0.2, 0.25) is 0 Å². The number of alkyl halides is 2. The number of methoxy groups -OCH3 is 1. The number of benzene rings is 2. The van der Waals surface area contributed by atoms with Gasteiger partial charge >= 0.3 is 5.97 Å². The number of nitrogens with zero attached hydrogens (tertiary/aromatic N) is 1. The van der Waals surface area contributed by atoms with E-state index in [4.69, 9.17) is 9.47 Å². The molecule has 1 saturated carbocycles. The number of carboxylic acids is 1. The van der Waals surface area contributed by atoms with Gasteiger partial charge in [0.15, 0.2) is 0 Å². The second kappa shape index (κ2) is 8.42. The van der Waals surface area contributed by atoms with Crippen molar-refractivity contribution in [1.29, 1.82) is 0 Å². The lowest BCUT2D eigenvalue weighted by atomic mass is 10.0. The Kier molecular flexibility index (Phi) is 5.83. The molecule has 0 amide bonds. The maximum absolute atomic E-state index is 14.5. The third-order valence-electron chi connectivity index (χ3n) is 5.65. The van der Waals surface area contributed by atoms with Crippen molar-refractivity contribution in [2.45, 2.75) is 43.8 Å². The zero-order chi connectivity index (χ0) is 22.2. The van der Waals surface area contributed by atoms with Gasteiger partial charge in [-0.3, -0.25) is 4.90 Å². The van der Waals surface area contributed by atoms with E-state index in [-0.39, 0.29) is 24.8 Å². The number of piperidine rings is 1. The van der Waals surface area contributed by atoms with E-state index >= 15 is 0 Å². The Morgan fingerprint density at radius 1 is 1.23 bits per heavy atom. The molecule has 0 radical (unpaired) electrons. The summed E-state index contributed by atoms with van der Waals surface area (Å²) in [6.45, 7) is 0.190. The fourth-order valence-corrected chi connectivity index (χ4v) is 4.06. The van der Waals surface area contributed by atoms with Crippen molar-refractivity contribution in [2.75, 3.05) is 20.2 Å². The van der Waals surface area contributed by atoms with Crippen LogP contribution in [0.3, 0.4) is 0 Å². The number of likely N-dealkylation sites (tertiary alicyclic amines) is 1. The molecule has 1 unspecified atom stereocenters. The number of aromatic carboxylic acids is 1. The van der Waals surface area contributed by atoms with Crippen LogP contribution in [0.5, 0.6) is 11.5 Å². The standard InChI is InChI=1S/C23H24F3NO4/c1-30-16-6-2-14(3-7-16)11-27-12-17(10-23(25,26)13-27)31-21-9-20(24)19(22(28)29)8-18(21)15-4-5-15/h2-3,6-9,15,17H,4-5,10-13H2,1H3,(H,28,29).